The van der Waals surface area contributed by atoms with Gasteiger partial charge in [-0.3, -0.25) is 4.72 Å². The molecule has 3 aromatic rings. The van der Waals surface area contributed by atoms with Crippen LogP contribution in [0.1, 0.15) is 15.9 Å². The maximum Gasteiger partial charge on any atom is 0.339 e. The van der Waals surface area contributed by atoms with Crippen molar-refractivity contribution < 1.29 is 27.8 Å². The highest BCUT2D eigenvalue weighted by molar-refractivity contribution is 7.92. The molecule has 3 rings (SSSR count). The Morgan fingerprint density at radius 1 is 1.09 bits per heavy atom. The summed E-state index contributed by atoms with van der Waals surface area (Å²) < 4.78 is 38.5. The molecule has 0 unspecified atom stereocenters. The number of nitrogens with one attached hydrogen (secondary N) is 1. The second-order valence-electron chi connectivity index (χ2n) is 6.86. The Morgan fingerprint density at radius 3 is 2.44 bits per heavy atom. The summed E-state index contributed by atoms with van der Waals surface area (Å²) in [7, 11) is 0.366. The fourth-order valence-corrected chi connectivity index (χ4v) is 4.33. The topological polar surface area (TPSA) is 118 Å². The molecule has 0 atom stereocenters. The van der Waals surface area contributed by atoms with Crippen LogP contribution in [-0.4, -0.2) is 45.7 Å². The zero-order valence-corrected chi connectivity index (χ0v) is 18.6. The summed E-state index contributed by atoms with van der Waals surface area (Å²) in [6, 6.07) is 15.1. The minimum atomic E-state index is -4.11. The predicted molar refractivity (Wildman–Crippen MR) is 120 cm³/mol. The van der Waals surface area contributed by atoms with Crippen molar-refractivity contribution in [1.29, 1.82) is 0 Å². The minimum absolute atomic E-state index is 0.00383. The first-order chi connectivity index (χ1) is 15.2. The van der Waals surface area contributed by atoms with Crippen molar-refractivity contribution in [3.8, 4) is 11.5 Å². The number of pyridine rings is 1. The van der Waals surface area contributed by atoms with Crippen LogP contribution < -0.4 is 19.1 Å². The highest BCUT2D eigenvalue weighted by Gasteiger charge is 2.23. The van der Waals surface area contributed by atoms with E-state index in [9.17, 15) is 18.3 Å². The van der Waals surface area contributed by atoms with Crippen molar-refractivity contribution in [3.05, 3.63) is 71.9 Å². The average Bonchev–Trinajstić information content (AvgIpc) is 2.78. The van der Waals surface area contributed by atoms with E-state index in [4.69, 9.17) is 9.47 Å². The number of benzene rings is 2. The number of carboxylic acids is 1. The quantitative estimate of drug-likeness (QED) is 0.503. The maximum absolute atomic E-state index is 13.0. The van der Waals surface area contributed by atoms with E-state index in [-0.39, 0.29) is 27.7 Å². The molecule has 10 heteroatoms. The van der Waals surface area contributed by atoms with E-state index >= 15 is 0 Å². The van der Waals surface area contributed by atoms with Gasteiger partial charge in [0.15, 0.2) is 0 Å². The van der Waals surface area contributed by atoms with Gasteiger partial charge in [0, 0.05) is 19.7 Å². The molecule has 1 heterocycles. The van der Waals surface area contributed by atoms with Crippen molar-refractivity contribution in [2.75, 3.05) is 30.9 Å². The lowest BCUT2D eigenvalue weighted by Crippen LogP contribution is -2.21. The van der Waals surface area contributed by atoms with Gasteiger partial charge in [0.05, 0.1) is 26.1 Å². The van der Waals surface area contributed by atoms with Crippen molar-refractivity contribution in [1.82, 2.24) is 4.98 Å². The lowest BCUT2D eigenvalue weighted by Gasteiger charge is -2.21. The van der Waals surface area contributed by atoms with E-state index in [2.05, 4.69) is 9.71 Å². The standard InChI is InChI=1S/C22H23N3O6S/c1-25(14-15-7-5-4-6-8-15)21-18(22(26)27)11-16(13-23-21)24-32(28,29)20-12-17(30-2)9-10-19(20)31-3/h4-13,24H,14H2,1-3H3,(H,26,27). The zero-order valence-electron chi connectivity index (χ0n) is 17.8. The van der Waals surface area contributed by atoms with Gasteiger partial charge in [-0.2, -0.15) is 0 Å². The van der Waals surface area contributed by atoms with Gasteiger partial charge in [-0.15, -0.1) is 0 Å². The summed E-state index contributed by atoms with van der Waals surface area (Å²) in [6.07, 6.45) is 1.27. The molecule has 0 saturated heterocycles. The third kappa shape index (κ3) is 5.09. The fourth-order valence-electron chi connectivity index (χ4n) is 3.11. The number of carbonyl (C=O) groups is 1. The molecule has 0 bridgehead atoms. The third-order valence-electron chi connectivity index (χ3n) is 4.63. The molecule has 2 aromatic carbocycles. The Hall–Kier alpha value is -3.79. The molecule has 0 radical (unpaired) electrons. The molecule has 168 valence electrons. The summed E-state index contributed by atoms with van der Waals surface area (Å²) in [5.41, 5.74) is 0.841. The molecule has 0 fully saturated rings. The SMILES string of the molecule is COc1ccc(OC)c(S(=O)(=O)Nc2cnc(N(C)Cc3ccccc3)c(C(=O)O)c2)c1. The van der Waals surface area contributed by atoms with E-state index in [1.165, 1.54) is 38.6 Å². The van der Waals surface area contributed by atoms with Crippen LogP contribution in [0.4, 0.5) is 11.5 Å². The average molecular weight is 458 g/mol. The van der Waals surface area contributed by atoms with E-state index in [1.54, 1.807) is 18.0 Å². The summed E-state index contributed by atoms with van der Waals surface area (Å²) in [6.45, 7) is 0.431. The van der Waals surface area contributed by atoms with Crippen molar-refractivity contribution >= 4 is 27.5 Å². The number of sulfonamides is 1. The zero-order chi connectivity index (χ0) is 23.3. The molecule has 1 aromatic heterocycles. The van der Waals surface area contributed by atoms with Crippen LogP contribution in [0, 0.1) is 0 Å². The number of anilines is 2. The van der Waals surface area contributed by atoms with Crippen LogP contribution in [0.25, 0.3) is 0 Å². The number of rotatable bonds is 9. The first-order valence-electron chi connectivity index (χ1n) is 9.48. The largest absolute Gasteiger partial charge is 0.497 e. The highest BCUT2D eigenvalue weighted by Crippen LogP contribution is 2.30. The highest BCUT2D eigenvalue weighted by atomic mass is 32.2. The Morgan fingerprint density at radius 2 is 1.81 bits per heavy atom. The third-order valence-corrected chi connectivity index (χ3v) is 6.04. The van der Waals surface area contributed by atoms with Gasteiger partial charge in [0.25, 0.3) is 10.0 Å². The van der Waals surface area contributed by atoms with Gasteiger partial charge >= 0.3 is 5.97 Å². The monoisotopic (exact) mass is 457 g/mol. The number of hydrogen-bond donors (Lipinski definition) is 2. The fraction of sp³-hybridized carbons (Fsp3) is 0.182. The van der Waals surface area contributed by atoms with Crippen molar-refractivity contribution in [2.45, 2.75) is 11.4 Å². The van der Waals surface area contributed by atoms with Gasteiger partial charge in [0.2, 0.25) is 0 Å². The van der Waals surface area contributed by atoms with Gasteiger partial charge < -0.3 is 19.5 Å². The van der Waals surface area contributed by atoms with E-state index in [0.717, 1.165) is 5.56 Å². The molecular formula is C22H23N3O6S. The van der Waals surface area contributed by atoms with Crippen molar-refractivity contribution in [2.24, 2.45) is 0 Å². The summed E-state index contributed by atoms with van der Waals surface area (Å²) >= 11 is 0. The van der Waals surface area contributed by atoms with Gasteiger partial charge in [-0.25, -0.2) is 18.2 Å². The Labute approximate surface area is 186 Å². The molecule has 32 heavy (non-hydrogen) atoms. The number of nitrogens with zero attached hydrogens (tertiary/aromatic N) is 2. The van der Waals surface area contributed by atoms with E-state index in [1.807, 2.05) is 30.3 Å². The van der Waals surface area contributed by atoms with Crippen molar-refractivity contribution in [3.63, 3.8) is 0 Å². The second-order valence-corrected chi connectivity index (χ2v) is 8.52. The van der Waals surface area contributed by atoms with Crippen LogP contribution in [0.3, 0.4) is 0 Å². The lowest BCUT2D eigenvalue weighted by molar-refractivity contribution is 0.0697. The Kier molecular flexibility index (Phi) is 6.84. The van der Waals surface area contributed by atoms with Crippen LogP contribution in [0.2, 0.25) is 0 Å². The summed E-state index contributed by atoms with van der Waals surface area (Å²) in [5.74, 6) is -0.576. The number of ether oxygens (including phenoxy) is 2. The first kappa shape index (κ1) is 22.9. The minimum Gasteiger partial charge on any atom is -0.497 e. The normalized spacial score (nSPS) is 11.0. The summed E-state index contributed by atoms with van der Waals surface area (Å²) in [4.78, 5) is 17.6. The first-order valence-corrected chi connectivity index (χ1v) is 11.0. The second kappa shape index (κ2) is 9.56. The maximum atomic E-state index is 13.0. The Bertz CT molecular complexity index is 1220. The molecule has 9 nitrogen and oxygen atoms in total. The Balaban J connectivity index is 1.93. The smallest absolute Gasteiger partial charge is 0.339 e. The molecule has 0 spiro atoms. The van der Waals surface area contributed by atoms with E-state index in [0.29, 0.717) is 12.3 Å². The molecule has 0 amide bonds. The number of methoxy groups -OCH3 is 2. The van der Waals surface area contributed by atoms with Gasteiger partial charge in [-0.05, 0) is 23.8 Å². The molecular weight excluding hydrogens is 434 g/mol. The summed E-state index contributed by atoms with van der Waals surface area (Å²) in [5, 5.41) is 9.69. The van der Waals surface area contributed by atoms with Gasteiger partial charge in [0.1, 0.15) is 27.8 Å². The molecule has 0 aliphatic carbocycles. The predicted octanol–water partition coefficient (Wildman–Crippen LogP) is 3.23. The van der Waals surface area contributed by atoms with Crippen LogP contribution in [0.15, 0.2) is 65.7 Å². The number of aromatic nitrogens is 1. The lowest BCUT2D eigenvalue weighted by atomic mass is 10.2. The van der Waals surface area contributed by atoms with Crippen LogP contribution in [-0.2, 0) is 16.6 Å². The number of hydrogen-bond acceptors (Lipinski definition) is 7. The molecule has 0 aliphatic heterocycles. The van der Waals surface area contributed by atoms with Crippen LogP contribution >= 0.6 is 0 Å². The van der Waals surface area contributed by atoms with Gasteiger partial charge in [-0.1, -0.05) is 30.3 Å². The van der Waals surface area contributed by atoms with Crippen LogP contribution in [0.5, 0.6) is 11.5 Å². The number of carboxylic acid groups (broad SMARTS) is 1. The molecule has 2 N–H and O–H groups in total. The number of aromatic carboxylic acids is 1. The van der Waals surface area contributed by atoms with E-state index < -0.39 is 16.0 Å². The molecule has 0 saturated carbocycles. The molecule has 0 aliphatic rings.